The van der Waals surface area contributed by atoms with Crippen LogP contribution in [0, 0.1) is 0 Å². The summed E-state index contributed by atoms with van der Waals surface area (Å²) in [6.07, 6.45) is 3.80. The molecule has 0 aliphatic heterocycles. The van der Waals surface area contributed by atoms with Crippen molar-refractivity contribution in [2.45, 2.75) is 26.0 Å². The quantitative estimate of drug-likeness (QED) is 0.635. The van der Waals surface area contributed by atoms with Gasteiger partial charge < -0.3 is 9.30 Å². The molecule has 102 valence electrons. The molecule has 0 aliphatic rings. The predicted octanol–water partition coefficient (Wildman–Crippen LogP) is 1.76. The number of imidazole rings is 1. The number of hydrazine groups is 1. The van der Waals surface area contributed by atoms with Crippen LogP contribution in [-0.4, -0.2) is 15.7 Å². The van der Waals surface area contributed by atoms with E-state index >= 15 is 0 Å². The number of benzene rings is 1. The Labute approximate surface area is 113 Å². The second kappa shape index (κ2) is 5.86. The number of ether oxygens (including phenoxy) is 1. The van der Waals surface area contributed by atoms with Crippen molar-refractivity contribution in [2.24, 2.45) is 12.9 Å². The Morgan fingerprint density at radius 3 is 2.74 bits per heavy atom. The highest BCUT2D eigenvalue weighted by Crippen LogP contribution is 2.23. The van der Waals surface area contributed by atoms with Gasteiger partial charge in [-0.1, -0.05) is 12.1 Å². The first-order valence-electron chi connectivity index (χ1n) is 6.31. The molecule has 1 heterocycles. The van der Waals surface area contributed by atoms with Gasteiger partial charge >= 0.3 is 0 Å². The third-order valence-electron chi connectivity index (χ3n) is 2.85. The number of hydrogen-bond acceptors (Lipinski definition) is 4. The lowest BCUT2D eigenvalue weighted by Gasteiger charge is -2.18. The predicted molar refractivity (Wildman–Crippen MR) is 74.6 cm³/mol. The first-order valence-corrected chi connectivity index (χ1v) is 6.31. The van der Waals surface area contributed by atoms with E-state index < -0.39 is 0 Å². The monoisotopic (exact) mass is 260 g/mol. The molecular formula is C14H20N4O. The molecule has 0 fully saturated rings. The van der Waals surface area contributed by atoms with Gasteiger partial charge in [0.1, 0.15) is 17.6 Å². The molecular weight excluding hydrogens is 240 g/mol. The van der Waals surface area contributed by atoms with E-state index in [4.69, 9.17) is 10.6 Å². The fraction of sp³-hybridized carbons (Fsp3) is 0.357. The molecule has 0 spiro atoms. The van der Waals surface area contributed by atoms with Crippen LogP contribution in [0.1, 0.15) is 31.3 Å². The van der Waals surface area contributed by atoms with E-state index in [1.807, 2.05) is 55.9 Å². The highest BCUT2D eigenvalue weighted by molar-refractivity contribution is 5.33. The van der Waals surface area contributed by atoms with Crippen molar-refractivity contribution in [1.82, 2.24) is 15.0 Å². The molecule has 1 unspecified atom stereocenters. The Hall–Kier alpha value is -1.85. The minimum Gasteiger partial charge on any atom is -0.491 e. The Morgan fingerprint density at radius 1 is 1.37 bits per heavy atom. The normalized spacial score (nSPS) is 12.7. The molecule has 5 nitrogen and oxygen atoms in total. The molecule has 1 aromatic carbocycles. The van der Waals surface area contributed by atoms with Crippen molar-refractivity contribution >= 4 is 0 Å². The van der Waals surface area contributed by atoms with Gasteiger partial charge in [0.15, 0.2) is 0 Å². The van der Waals surface area contributed by atoms with Crippen LogP contribution in [-0.2, 0) is 7.05 Å². The fourth-order valence-electron chi connectivity index (χ4n) is 2.01. The topological polar surface area (TPSA) is 65.1 Å². The summed E-state index contributed by atoms with van der Waals surface area (Å²) in [6.45, 7) is 4.01. The van der Waals surface area contributed by atoms with E-state index in [0.717, 1.165) is 17.1 Å². The molecule has 1 atom stereocenters. The third-order valence-corrected chi connectivity index (χ3v) is 2.85. The Kier molecular flexibility index (Phi) is 4.19. The maximum Gasteiger partial charge on any atom is 0.131 e. The molecule has 0 aliphatic carbocycles. The van der Waals surface area contributed by atoms with Gasteiger partial charge in [-0.15, -0.1) is 0 Å². The SMILES string of the molecule is CC(C)Oc1cccc(C(NN)c2nccn2C)c1. The van der Waals surface area contributed by atoms with Crippen molar-refractivity contribution in [3.8, 4) is 5.75 Å². The molecule has 5 heteroatoms. The molecule has 0 amide bonds. The van der Waals surface area contributed by atoms with Crippen LogP contribution in [0.4, 0.5) is 0 Å². The summed E-state index contributed by atoms with van der Waals surface area (Å²) in [5.41, 5.74) is 3.83. The molecule has 19 heavy (non-hydrogen) atoms. The van der Waals surface area contributed by atoms with E-state index in [1.54, 1.807) is 6.20 Å². The summed E-state index contributed by atoms with van der Waals surface area (Å²) in [4.78, 5) is 4.33. The van der Waals surface area contributed by atoms with Crippen LogP contribution in [0.15, 0.2) is 36.7 Å². The maximum absolute atomic E-state index is 5.70. The van der Waals surface area contributed by atoms with Crippen LogP contribution < -0.4 is 16.0 Å². The number of nitrogens with zero attached hydrogens (tertiary/aromatic N) is 2. The van der Waals surface area contributed by atoms with E-state index in [0.29, 0.717) is 0 Å². The second-order valence-corrected chi connectivity index (χ2v) is 4.74. The number of aryl methyl sites for hydroxylation is 1. The average molecular weight is 260 g/mol. The van der Waals surface area contributed by atoms with Crippen molar-refractivity contribution in [3.05, 3.63) is 48.0 Å². The van der Waals surface area contributed by atoms with Crippen molar-refractivity contribution < 1.29 is 4.74 Å². The van der Waals surface area contributed by atoms with Gasteiger partial charge in [-0.3, -0.25) is 5.84 Å². The Balaban J connectivity index is 2.31. The number of hydrogen-bond donors (Lipinski definition) is 2. The molecule has 0 saturated heterocycles. The van der Waals surface area contributed by atoms with Gasteiger partial charge in [0.05, 0.1) is 6.10 Å². The lowest BCUT2D eigenvalue weighted by molar-refractivity contribution is 0.242. The van der Waals surface area contributed by atoms with E-state index in [-0.39, 0.29) is 12.1 Å². The van der Waals surface area contributed by atoms with Crippen molar-refractivity contribution in [2.75, 3.05) is 0 Å². The van der Waals surface area contributed by atoms with Gasteiger partial charge in [-0.25, -0.2) is 10.4 Å². The lowest BCUT2D eigenvalue weighted by atomic mass is 10.1. The largest absolute Gasteiger partial charge is 0.491 e. The van der Waals surface area contributed by atoms with Gasteiger partial charge in [0.2, 0.25) is 0 Å². The van der Waals surface area contributed by atoms with E-state index in [1.165, 1.54) is 0 Å². The first kappa shape index (κ1) is 13.6. The summed E-state index contributed by atoms with van der Waals surface area (Å²) in [5.74, 6) is 7.37. The van der Waals surface area contributed by atoms with Gasteiger partial charge in [-0.2, -0.15) is 0 Å². The van der Waals surface area contributed by atoms with Crippen LogP contribution in [0.5, 0.6) is 5.75 Å². The van der Waals surface area contributed by atoms with Crippen molar-refractivity contribution in [1.29, 1.82) is 0 Å². The van der Waals surface area contributed by atoms with E-state index in [9.17, 15) is 0 Å². The zero-order valence-corrected chi connectivity index (χ0v) is 11.5. The van der Waals surface area contributed by atoms with Crippen LogP contribution in [0.2, 0.25) is 0 Å². The van der Waals surface area contributed by atoms with Crippen molar-refractivity contribution in [3.63, 3.8) is 0 Å². The molecule has 0 bridgehead atoms. The summed E-state index contributed by atoms with van der Waals surface area (Å²) in [7, 11) is 1.95. The smallest absolute Gasteiger partial charge is 0.131 e. The third kappa shape index (κ3) is 3.13. The second-order valence-electron chi connectivity index (χ2n) is 4.74. The van der Waals surface area contributed by atoms with Crippen LogP contribution >= 0.6 is 0 Å². The highest BCUT2D eigenvalue weighted by Gasteiger charge is 2.17. The maximum atomic E-state index is 5.70. The standard InChI is InChI=1S/C14H20N4O/c1-10(2)19-12-6-4-5-11(9-12)13(17-15)14-16-7-8-18(14)3/h4-10,13,17H,15H2,1-3H3. The number of rotatable bonds is 5. The zero-order chi connectivity index (χ0) is 13.8. The molecule has 3 N–H and O–H groups in total. The van der Waals surface area contributed by atoms with E-state index in [2.05, 4.69) is 10.4 Å². The summed E-state index contributed by atoms with van der Waals surface area (Å²) < 4.78 is 7.65. The summed E-state index contributed by atoms with van der Waals surface area (Å²) >= 11 is 0. The number of nitrogens with one attached hydrogen (secondary N) is 1. The van der Waals surface area contributed by atoms with Crippen LogP contribution in [0.3, 0.4) is 0 Å². The summed E-state index contributed by atoms with van der Waals surface area (Å²) in [6, 6.07) is 7.73. The molecule has 1 aromatic heterocycles. The average Bonchev–Trinajstić information content (AvgIpc) is 2.77. The minimum absolute atomic E-state index is 0.146. The van der Waals surface area contributed by atoms with Gasteiger partial charge in [0, 0.05) is 19.4 Å². The Morgan fingerprint density at radius 2 is 2.16 bits per heavy atom. The zero-order valence-electron chi connectivity index (χ0n) is 11.5. The van der Waals surface area contributed by atoms with Gasteiger partial charge in [0.25, 0.3) is 0 Å². The first-order chi connectivity index (χ1) is 9.11. The minimum atomic E-state index is -0.157. The fourth-order valence-corrected chi connectivity index (χ4v) is 2.01. The molecule has 2 rings (SSSR count). The molecule has 0 radical (unpaired) electrons. The number of aromatic nitrogens is 2. The molecule has 0 saturated carbocycles. The molecule has 2 aromatic rings. The lowest BCUT2D eigenvalue weighted by Crippen LogP contribution is -2.30. The Bertz CT molecular complexity index is 536. The highest BCUT2D eigenvalue weighted by atomic mass is 16.5. The summed E-state index contributed by atoms with van der Waals surface area (Å²) in [5, 5.41) is 0. The number of nitrogens with two attached hydrogens (primary N) is 1. The van der Waals surface area contributed by atoms with Crippen LogP contribution in [0.25, 0.3) is 0 Å². The van der Waals surface area contributed by atoms with Gasteiger partial charge in [-0.05, 0) is 31.5 Å².